The molecule has 4 aromatic carbocycles. The second-order valence-corrected chi connectivity index (χ2v) is 11.0. The lowest BCUT2D eigenvalue weighted by molar-refractivity contribution is -0.0197. The molecule has 0 amide bonds. The molecule has 0 saturated heterocycles. The maximum absolute atomic E-state index is 6.58. The first-order valence-corrected chi connectivity index (χ1v) is 13.6. The molecule has 4 aromatic rings. The van der Waals surface area contributed by atoms with E-state index in [1.807, 2.05) is 60.7 Å². The van der Waals surface area contributed by atoms with Gasteiger partial charge in [-0.25, -0.2) is 5.01 Å². The summed E-state index contributed by atoms with van der Waals surface area (Å²) in [5.41, 5.74) is 5.32. The van der Waals surface area contributed by atoms with Crippen LogP contribution in [0.2, 0.25) is 5.02 Å². The summed E-state index contributed by atoms with van der Waals surface area (Å²) in [7, 11) is 0. The maximum Gasteiger partial charge on any atom is 0.213 e. The second kappa shape index (κ2) is 9.92. The van der Waals surface area contributed by atoms with Gasteiger partial charge >= 0.3 is 0 Å². The number of nitrogens with zero attached hydrogens (tertiary/aromatic N) is 2. The van der Waals surface area contributed by atoms with Gasteiger partial charge in [-0.05, 0) is 75.6 Å². The summed E-state index contributed by atoms with van der Waals surface area (Å²) in [6, 6.07) is 30.3. The first kappa shape index (κ1) is 23.6. The molecule has 4 nitrogen and oxygen atoms in total. The van der Waals surface area contributed by atoms with Crippen LogP contribution in [0.4, 0.5) is 0 Å². The number of rotatable bonds is 5. The maximum atomic E-state index is 6.58. The van der Waals surface area contributed by atoms with Crippen molar-refractivity contribution in [1.82, 2.24) is 5.01 Å². The Labute approximate surface area is 231 Å². The van der Waals surface area contributed by atoms with Gasteiger partial charge in [0.15, 0.2) is 0 Å². The third-order valence-corrected chi connectivity index (χ3v) is 7.70. The lowest BCUT2D eigenvalue weighted by Gasteiger charge is -2.38. The van der Waals surface area contributed by atoms with E-state index < -0.39 is 0 Å². The minimum Gasteiger partial charge on any atom is -0.489 e. The number of ether oxygens (including phenoxy) is 2. The Morgan fingerprint density at radius 1 is 0.944 bits per heavy atom. The smallest absolute Gasteiger partial charge is 0.213 e. The molecule has 0 spiro atoms. The molecule has 0 saturated carbocycles. The summed E-state index contributed by atoms with van der Waals surface area (Å²) in [6.07, 6.45) is 0.406. The van der Waals surface area contributed by atoms with E-state index in [2.05, 4.69) is 67.2 Å². The highest BCUT2D eigenvalue weighted by molar-refractivity contribution is 9.11. The molecule has 6 rings (SSSR count). The quantitative estimate of drug-likeness (QED) is 0.223. The second-order valence-electron chi connectivity index (χ2n) is 8.77. The minimum absolute atomic E-state index is 0.0484. The van der Waals surface area contributed by atoms with Crippen LogP contribution >= 0.6 is 43.5 Å². The SMILES string of the molecule is Clc1ccc(C2=NN3[C@@H](C2)c2cc(Br)cc(Br)c2O[C@H]3c2ccc(OCc3ccccc3)cc2)cc1. The summed E-state index contributed by atoms with van der Waals surface area (Å²) in [5.74, 6) is 1.66. The Kier molecular flexibility index (Phi) is 6.50. The molecule has 0 fully saturated rings. The molecule has 2 heterocycles. The molecule has 7 heteroatoms. The zero-order valence-electron chi connectivity index (χ0n) is 19.1. The predicted octanol–water partition coefficient (Wildman–Crippen LogP) is 8.69. The average molecular weight is 625 g/mol. The Morgan fingerprint density at radius 3 is 2.44 bits per heavy atom. The lowest BCUT2D eigenvalue weighted by atomic mass is 9.96. The van der Waals surface area contributed by atoms with Crippen molar-refractivity contribution in [3.05, 3.63) is 127 Å². The van der Waals surface area contributed by atoms with Crippen LogP contribution in [-0.2, 0) is 6.61 Å². The highest BCUT2D eigenvalue weighted by atomic mass is 79.9. The third kappa shape index (κ3) is 4.65. The number of hydrazone groups is 1. The van der Waals surface area contributed by atoms with Gasteiger partial charge in [0.2, 0.25) is 6.23 Å². The summed E-state index contributed by atoms with van der Waals surface area (Å²) in [5, 5.41) is 7.83. The van der Waals surface area contributed by atoms with Gasteiger partial charge in [-0.3, -0.25) is 0 Å². The zero-order chi connectivity index (χ0) is 24.6. The van der Waals surface area contributed by atoms with Crippen LogP contribution in [0.1, 0.15) is 40.9 Å². The van der Waals surface area contributed by atoms with E-state index >= 15 is 0 Å². The van der Waals surface area contributed by atoms with Crippen molar-refractivity contribution in [2.24, 2.45) is 5.10 Å². The molecular formula is C29H21Br2ClN2O2. The fourth-order valence-corrected chi connectivity index (χ4v) is 6.10. The molecular weight excluding hydrogens is 604 g/mol. The first-order valence-electron chi connectivity index (χ1n) is 11.6. The fourth-order valence-electron chi connectivity index (χ4n) is 4.62. The van der Waals surface area contributed by atoms with E-state index in [1.165, 1.54) is 0 Å². The van der Waals surface area contributed by atoms with E-state index in [4.69, 9.17) is 26.2 Å². The Balaban J connectivity index is 1.32. The zero-order valence-corrected chi connectivity index (χ0v) is 23.0. The normalized spacial score (nSPS) is 18.2. The largest absolute Gasteiger partial charge is 0.489 e. The number of fused-ring (bicyclic) bond motifs is 3. The van der Waals surface area contributed by atoms with Crippen LogP contribution in [0.3, 0.4) is 0 Å². The summed E-state index contributed by atoms with van der Waals surface area (Å²) >= 11 is 13.5. The molecule has 0 bridgehead atoms. The van der Waals surface area contributed by atoms with Crippen molar-refractivity contribution >= 4 is 49.2 Å². The Morgan fingerprint density at radius 2 is 1.69 bits per heavy atom. The van der Waals surface area contributed by atoms with Crippen LogP contribution < -0.4 is 9.47 Å². The molecule has 0 aliphatic carbocycles. The van der Waals surface area contributed by atoms with Crippen LogP contribution in [-0.4, -0.2) is 10.7 Å². The molecule has 0 unspecified atom stereocenters. The van der Waals surface area contributed by atoms with Crippen molar-refractivity contribution in [1.29, 1.82) is 0 Å². The van der Waals surface area contributed by atoms with Gasteiger partial charge in [-0.15, -0.1) is 0 Å². The topological polar surface area (TPSA) is 34.1 Å². The molecule has 2 atom stereocenters. The van der Waals surface area contributed by atoms with Crippen LogP contribution in [0.25, 0.3) is 0 Å². The summed E-state index contributed by atoms with van der Waals surface area (Å²) < 4.78 is 14.5. The summed E-state index contributed by atoms with van der Waals surface area (Å²) in [6.45, 7) is 0.526. The lowest BCUT2D eigenvalue weighted by Crippen LogP contribution is -2.33. The van der Waals surface area contributed by atoms with Crippen molar-refractivity contribution in [3.63, 3.8) is 0 Å². The monoisotopic (exact) mass is 622 g/mol. The number of halogens is 3. The fraction of sp³-hybridized carbons (Fsp3) is 0.138. The van der Waals surface area contributed by atoms with Crippen molar-refractivity contribution in [3.8, 4) is 11.5 Å². The summed E-state index contributed by atoms with van der Waals surface area (Å²) in [4.78, 5) is 0. The van der Waals surface area contributed by atoms with Crippen LogP contribution in [0.5, 0.6) is 11.5 Å². The van der Waals surface area contributed by atoms with Crippen LogP contribution in [0, 0.1) is 0 Å². The van der Waals surface area contributed by atoms with Gasteiger partial charge in [-0.1, -0.05) is 70.0 Å². The van der Waals surface area contributed by atoms with Crippen LogP contribution in [0.15, 0.2) is 105 Å². The molecule has 36 heavy (non-hydrogen) atoms. The average Bonchev–Trinajstić information content (AvgIpc) is 3.34. The molecule has 2 aliphatic heterocycles. The molecule has 0 radical (unpaired) electrons. The number of benzene rings is 4. The van der Waals surface area contributed by atoms with E-state index in [-0.39, 0.29) is 12.3 Å². The van der Waals surface area contributed by atoms with Gasteiger partial charge < -0.3 is 9.47 Å². The van der Waals surface area contributed by atoms with Crippen molar-refractivity contribution in [2.75, 3.05) is 0 Å². The molecule has 180 valence electrons. The van der Waals surface area contributed by atoms with Gasteiger partial charge in [0.1, 0.15) is 18.1 Å². The minimum atomic E-state index is -0.368. The van der Waals surface area contributed by atoms with Gasteiger partial charge in [0, 0.05) is 27.0 Å². The highest BCUT2D eigenvalue weighted by Gasteiger charge is 2.42. The number of hydrogen-bond donors (Lipinski definition) is 0. The van der Waals surface area contributed by atoms with E-state index in [0.29, 0.717) is 11.6 Å². The predicted molar refractivity (Wildman–Crippen MR) is 150 cm³/mol. The van der Waals surface area contributed by atoms with Crippen molar-refractivity contribution in [2.45, 2.75) is 25.3 Å². The number of hydrogen-bond acceptors (Lipinski definition) is 4. The van der Waals surface area contributed by atoms with E-state index in [9.17, 15) is 0 Å². The molecule has 0 N–H and O–H groups in total. The molecule has 2 aliphatic rings. The molecule has 0 aromatic heterocycles. The van der Waals surface area contributed by atoms with Gasteiger partial charge in [0.25, 0.3) is 0 Å². The Bertz CT molecular complexity index is 1430. The van der Waals surface area contributed by atoms with Crippen molar-refractivity contribution < 1.29 is 9.47 Å². The van der Waals surface area contributed by atoms with Gasteiger partial charge in [-0.2, -0.15) is 5.10 Å². The first-order chi connectivity index (χ1) is 17.5. The van der Waals surface area contributed by atoms with E-state index in [1.54, 1.807) is 0 Å². The van der Waals surface area contributed by atoms with E-state index in [0.717, 1.165) is 54.8 Å². The highest BCUT2D eigenvalue weighted by Crippen LogP contribution is 2.51. The standard InChI is InChI=1S/C29H21Br2ClN2O2/c30-21-14-24-27-16-26(19-6-10-22(32)11-7-19)33-34(27)29(36-28(24)25(31)15-21)20-8-12-23(13-9-20)35-17-18-4-2-1-3-5-18/h1-15,27,29H,16-17H2/t27-,29-/m0/s1. The van der Waals surface area contributed by atoms with Gasteiger partial charge in [0.05, 0.1) is 16.2 Å². The Hall–Kier alpha value is -2.80. The third-order valence-electron chi connectivity index (χ3n) is 6.40.